The van der Waals surface area contributed by atoms with Crippen LogP contribution in [-0.2, 0) is 4.74 Å². The summed E-state index contributed by atoms with van der Waals surface area (Å²) < 4.78 is 18.3. The van der Waals surface area contributed by atoms with Crippen LogP contribution in [0.3, 0.4) is 0 Å². The number of hydrogen-bond acceptors (Lipinski definition) is 3. The third-order valence-electron chi connectivity index (χ3n) is 3.77. The van der Waals surface area contributed by atoms with Crippen LogP contribution in [0.4, 0.5) is 4.39 Å². The Bertz CT molecular complexity index is 898. The summed E-state index contributed by atoms with van der Waals surface area (Å²) in [4.78, 5) is 27.9. The van der Waals surface area contributed by atoms with E-state index in [-0.39, 0.29) is 18.1 Å². The molecule has 3 aromatic rings. The van der Waals surface area contributed by atoms with Crippen LogP contribution < -0.4 is 0 Å². The fourth-order valence-electron chi connectivity index (χ4n) is 2.63. The summed E-state index contributed by atoms with van der Waals surface area (Å²) in [6, 6.07) is 14.4. The lowest BCUT2D eigenvalue weighted by Gasteiger charge is -2.08. The maximum atomic E-state index is 13.3. The third-order valence-corrected chi connectivity index (χ3v) is 3.77. The van der Waals surface area contributed by atoms with E-state index in [1.165, 1.54) is 30.5 Å². The molecule has 0 fully saturated rings. The molecule has 0 spiro atoms. The minimum Gasteiger partial charge on any atom is -0.461 e. The van der Waals surface area contributed by atoms with Gasteiger partial charge in [-0.2, -0.15) is 0 Å². The standard InChI is InChI=1S/C20H16FNO3/c1-2-25-20(24)18-17(13-8-10-15(21)11-9-13)16(12-22-18)19(23)14-6-4-3-5-7-14/h3-12,22H,2H2,1H3. The number of halogens is 1. The van der Waals surface area contributed by atoms with E-state index in [0.717, 1.165) is 0 Å². The lowest BCUT2D eigenvalue weighted by atomic mass is 9.96. The Kier molecular flexibility index (Phi) is 4.75. The van der Waals surface area contributed by atoms with E-state index in [1.54, 1.807) is 31.2 Å². The van der Waals surface area contributed by atoms with Crippen LogP contribution in [0.15, 0.2) is 60.8 Å². The highest BCUT2D eigenvalue weighted by Crippen LogP contribution is 2.30. The van der Waals surface area contributed by atoms with Crippen molar-refractivity contribution in [1.29, 1.82) is 0 Å². The smallest absolute Gasteiger partial charge is 0.355 e. The molecule has 0 amide bonds. The molecule has 126 valence electrons. The number of ether oxygens (including phenoxy) is 1. The van der Waals surface area contributed by atoms with Crippen LogP contribution >= 0.6 is 0 Å². The van der Waals surface area contributed by atoms with E-state index in [9.17, 15) is 14.0 Å². The molecule has 0 radical (unpaired) electrons. The second kappa shape index (κ2) is 7.13. The zero-order valence-electron chi connectivity index (χ0n) is 13.6. The minimum absolute atomic E-state index is 0.174. The molecule has 0 aliphatic carbocycles. The first kappa shape index (κ1) is 16.6. The van der Waals surface area contributed by atoms with Gasteiger partial charge in [-0.15, -0.1) is 0 Å². The van der Waals surface area contributed by atoms with Gasteiger partial charge in [0.2, 0.25) is 0 Å². The van der Waals surface area contributed by atoms with Gasteiger partial charge in [-0.3, -0.25) is 4.79 Å². The molecule has 0 aliphatic rings. The fourth-order valence-corrected chi connectivity index (χ4v) is 2.63. The molecule has 2 aromatic carbocycles. The van der Waals surface area contributed by atoms with Gasteiger partial charge in [-0.05, 0) is 24.6 Å². The van der Waals surface area contributed by atoms with Crippen LogP contribution in [0.1, 0.15) is 33.3 Å². The van der Waals surface area contributed by atoms with Crippen molar-refractivity contribution in [3.05, 3.63) is 83.4 Å². The number of hydrogen-bond donors (Lipinski definition) is 1. The molecule has 1 N–H and O–H groups in total. The zero-order valence-corrected chi connectivity index (χ0v) is 13.6. The van der Waals surface area contributed by atoms with Gasteiger partial charge in [-0.1, -0.05) is 42.5 Å². The number of aromatic nitrogens is 1. The van der Waals surface area contributed by atoms with Crippen LogP contribution in [0.2, 0.25) is 0 Å². The van der Waals surface area contributed by atoms with Crippen LogP contribution in [0.25, 0.3) is 11.1 Å². The van der Waals surface area contributed by atoms with Crippen molar-refractivity contribution >= 4 is 11.8 Å². The molecule has 0 atom stereocenters. The Balaban J connectivity index is 2.14. The Morgan fingerprint density at radius 2 is 1.72 bits per heavy atom. The van der Waals surface area contributed by atoms with Crippen molar-refractivity contribution in [1.82, 2.24) is 4.98 Å². The number of carbonyl (C=O) groups excluding carboxylic acids is 2. The summed E-state index contributed by atoms with van der Waals surface area (Å²) in [5.74, 6) is -1.19. The van der Waals surface area contributed by atoms with Crippen LogP contribution in [0.5, 0.6) is 0 Å². The molecule has 3 rings (SSSR count). The third kappa shape index (κ3) is 3.35. The SMILES string of the molecule is CCOC(=O)c1[nH]cc(C(=O)c2ccccc2)c1-c1ccc(F)cc1. The molecule has 0 aliphatic heterocycles. The number of H-pyrrole nitrogens is 1. The van der Waals surface area contributed by atoms with Gasteiger partial charge in [0.05, 0.1) is 6.61 Å². The van der Waals surface area contributed by atoms with Crippen molar-refractivity contribution in [3.63, 3.8) is 0 Å². The van der Waals surface area contributed by atoms with Crippen molar-refractivity contribution in [2.45, 2.75) is 6.92 Å². The van der Waals surface area contributed by atoms with Gasteiger partial charge in [0.25, 0.3) is 0 Å². The van der Waals surface area contributed by atoms with E-state index in [1.807, 2.05) is 6.07 Å². The number of benzene rings is 2. The lowest BCUT2D eigenvalue weighted by molar-refractivity contribution is 0.0521. The number of aromatic amines is 1. The Morgan fingerprint density at radius 3 is 2.36 bits per heavy atom. The van der Waals surface area contributed by atoms with E-state index >= 15 is 0 Å². The summed E-state index contributed by atoms with van der Waals surface area (Å²) in [7, 11) is 0. The molecule has 0 unspecified atom stereocenters. The Morgan fingerprint density at radius 1 is 1.04 bits per heavy atom. The molecule has 4 nitrogen and oxygen atoms in total. The number of carbonyl (C=O) groups is 2. The maximum Gasteiger partial charge on any atom is 0.355 e. The fraction of sp³-hybridized carbons (Fsp3) is 0.100. The summed E-state index contributed by atoms with van der Waals surface area (Å²) in [6.07, 6.45) is 1.49. The largest absolute Gasteiger partial charge is 0.461 e. The minimum atomic E-state index is -0.561. The predicted molar refractivity (Wildman–Crippen MR) is 92.0 cm³/mol. The van der Waals surface area contributed by atoms with Gasteiger partial charge in [0, 0.05) is 22.9 Å². The average Bonchev–Trinajstić information content (AvgIpc) is 3.08. The van der Waals surface area contributed by atoms with E-state index in [4.69, 9.17) is 4.74 Å². The Hall–Kier alpha value is -3.21. The first-order valence-corrected chi connectivity index (χ1v) is 7.86. The molecular weight excluding hydrogens is 321 g/mol. The van der Waals surface area contributed by atoms with Gasteiger partial charge < -0.3 is 9.72 Å². The summed E-state index contributed by atoms with van der Waals surface area (Å²) >= 11 is 0. The van der Waals surface area contributed by atoms with Crippen molar-refractivity contribution < 1.29 is 18.7 Å². The van der Waals surface area contributed by atoms with Crippen molar-refractivity contribution in [2.24, 2.45) is 0 Å². The molecule has 1 heterocycles. The highest BCUT2D eigenvalue weighted by molar-refractivity contribution is 6.15. The molecule has 5 heteroatoms. The second-order valence-corrected chi connectivity index (χ2v) is 5.37. The van der Waals surface area contributed by atoms with Crippen molar-refractivity contribution in [2.75, 3.05) is 6.61 Å². The topological polar surface area (TPSA) is 59.2 Å². The highest BCUT2D eigenvalue weighted by atomic mass is 19.1. The normalized spacial score (nSPS) is 10.5. The predicted octanol–water partition coefficient (Wildman–Crippen LogP) is 4.23. The lowest BCUT2D eigenvalue weighted by Crippen LogP contribution is -2.08. The average molecular weight is 337 g/mol. The number of nitrogens with one attached hydrogen (secondary N) is 1. The van der Waals surface area contributed by atoms with E-state index < -0.39 is 11.8 Å². The monoisotopic (exact) mass is 337 g/mol. The zero-order chi connectivity index (χ0) is 17.8. The summed E-state index contributed by atoms with van der Waals surface area (Å²) in [5, 5.41) is 0. The number of ketones is 1. The van der Waals surface area contributed by atoms with Gasteiger partial charge >= 0.3 is 5.97 Å². The molecule has 0 bridgehead atoms. The van der Waals surface area contributed by atoms with Gasteiger partial charge in [0.1, 0.15) is 11.5 Å². The quantitative estimate of drug-likeness (QED) is 0.560. The Labute approximate surface area is 144 Å². The molecule has 1 aromatic heterocycles. The highest BCUT2D eigenvalue weighted by Gasteiger charge is 2.24. The number of esters is 1. The molecule has 0 saturated carbocycles. The molecular formula is C20H16FNO3. The number of rotatable bonds is 5. The van der Waals surface area contributed by atoms with Crippen LogP contribution in [-0.4, -0.2) is 23.3 Å². The molecule has 25 heavy (non-hydrogen) atoms. The first-order valence-electron chi connectivity index (χ1n) is 7.86. The van der Waals surface area contributed by atoms with Crippen molar-refractivity contribution in [3.8, 4) is 11.1 Å². The molecule has 0 saturated heterocycles. The van der Waals surface area contributed by atoms with Gasteiger partial charge in [-0.25, -0.2) is 9.18 Å². The van der Waals surface area contributed by atoms with E-state index in [0.29, 0.717) is 22.3 Å². The summed E-state index contributed by atoms with van der Waals surface area (Å²) in [5.41, 5.74) is 1.98. The summed E-state index contributed by atoms with van der Waals surface area (Å²) in [6.45, 7) is 1.91. The van der Waals surface area contributed by atoms with E-state index in [2.05, 4.69) is 4.98 Å². The van der Waals surface area contributed by atoms with Gasteiger partial charge in [0.15, 0.2) is 5.78 Å². The first-order chi connectivity index (χ1) is 12.1. The van der Waals surface area contributed by atoms with Crippen LogP contribution in [0, 0.1) is 5.82 Å². The second-order valence-electron chi connectivity index (χ2n) is 5.37. The maximum absolute atomic E-state index is 13.3.